The van der Waals surface area contributed by atoms with Gasteiger partial charge < -0.3 is 20.1 Å². The number of nitrogens with one attached hydrogen (secondary N) is 2. The number of fused-ring (bicyclic) bond motifs is 2. The zero-order valence-electron chi connectivity index (χ0n) is 16.5. The van der Waals surface area contributed by atoms with Crippen LogP contribution in [0.2, 0.25) is 0 Å². The van der Waals surface area contributed by atoms with Crippen LogP contribution in [0.4, 0.5) is 5.82 Å². The number of para-hydroxylation sites is 1. The molecule has 31 heavy (non-hydrogen) atoms. The fraction of sp³-hybridized carbons (Fsp3) is 0.421. The lowest BCUT2D eigenvalue weighted by atomic mass is 10.1. The minimum atomic E-state index is -4.04. The van der Waals surface area contributed by atoms with Crippen LogP contribution < -0.4 is 15.2 Å². The Labute approximate surface area is 178 Å². The van der Waals surface area contributed by atoms with E-state index in [4.69, 9.17) is 9.88 Å². The summed E-state index contributed by atoms with van der Waals surface area (Å²) in [6.07, 6.45) is 2.51. The van der Waals surface area contributed by atoms with E-state index in [1.807, 2.05) is 18.2 Å². The third-order valence-electron chi connectivity index (χ3n) is 5.70. The number of aliphatic hydroxyl groups excluding tert-OH is 1. The van der Waals surface area contributed by atoms with Gasteiger partial charge >= 0.3 is 10.3 Å². The molecule has 11 nitrogen and oxygen atoms in total. The van der Waals surface area contributed by atoms with Gasteiger partial charge in [0.05, 0.1) is 24.9 Å². The Morgan fingerprint density at radius 1 is 1.32 bits per heavy atom. The number of hydrogen-bond donors (Lipinski definition) is 4. The number of aliphatic hydroxyl groups is 1. The monoisotopic (exact) mass is 446 g/mol. The number of nitrogens with zero attached hydrogens (tertiary/aromatic N) is 3. The molecule has 164 valence electrons. The lowest BCUT2D eigenvalue weighted by molar-refractivity contribution is 0.101. The van der Waals surface area contributed by atoms with Gasteiger partial charge in [-0.05, 0) is 24.5 Å². The molecule has 1 aliphatic carbocycles. The van der Waals surface area contributed by atoms with Crippen molar-refractivity contribution in [2.75, 3.05) is 18.5 Å². The van der Waals surface area contributed by atoms with E-state index < -0.39 is 16.4 Å². The van der Waals surface area contributed by atoms with Gasteiger partial charge in [-0.1, -0.05) is 12.1 Å². The van der Waals surface area contributed by atoms with Gasteiger partial charge in [-0.15, -0.1) is 0 Å². The van der Waals surface area contributed by atoms with Crippen LogP contribution in [0.15, 0.2) is 24.5 Å². The van der Waals surface area contributed by atoms with Gasteiger partial charge in [0.15, 0.2) is 11.5 Å². The maximum atomic E-state index is 11.0. The predicted octanol–water partition coefficient (Wildman–Crippen LogP) is 0.726. The Morgan fingerprint density at radius 2 is 2.19 bits per heavy atom. The summed E-state index contributed by atoms with van der Waals surface area (Å²) in [6, 6.07) is 5.84. The minimum Gasteiger partial charge on any atom is -0.492 e. The fourth-order valence-electron chi connectivity index (χ4n) is 4.24. The molecule has 3 aromatic rings. The van der Waals surface area contributed by atoms with Gasteiger partial charge in [-0.25, -0.2) is 20.1 Å². The summed E-state index contributed by atoms with van der Waals surface area (Å²) in [4.78, 5) is 16.5. The van der Waals surface area contributed by atoms with Crippen molar-refractivity contribution in [3.05, 3.63) is 30.1 Å². The van der Waals surface area contributed by atoms with Crippen LogP contribution in [0.1, 0.15) is 18.4 Å². The highest BCUT2D eigenvalue weighted by atomic mass is 32.2. The first-order valence-electron chi connectivity index (χ1n) is 9.95. The number of hydrogen-bond acceptors (Lipinski definition) is 9. The van der Waals surface area contributed by atoms with Crippen LogP contribution in [-0.4, -0.2) is 58.8 Å². The lowest BCUT2D eigenvalue weighted by Gasteiger charge is -2.14. The SMILES string of the molecule is NS(=O)(=O)OC[C@@H]1C[C@@H](Nc2ncnc3nc(-c4cccc5c4OCC5)[nH]c23)C[C@@H]1O. The van der Waals surface area contributed by atoms with Crippen LogP contribution in [0, 0.1) is 5.92 Å². The van der Waals surface area contributed by atoms with E-state index in [2.05, 4.69) is 29.4 Å². The number of nitrogens with two attached hydrogens (primary N) is 1. The topological polar surface area (TPSA) is 165 Å². The van der Waals surface area contributed by atoms with Crippen LogP contribution in [0.25, 0.3) is 22.6 Å². The Morgan fingerprint density at radius 3 is 3.03 bits per heavy atom. The summed E-state index contributed by atoms with van der Waals surface area (Å²) in [5, 5.41) is 18.5. The van der Waals surface area contributed by atoms with Gasteiger partial charge in [0, 0.05) is 18.4 Å². The van der Waals surface area contributed by atoms with Crippen molar-refractivity contribution in [2.45, 2.75) is 31.4 Å². The summed E-state index contributed by atoms with van der Waals surface area (Å²) in [6.45, 7) is 0.490. The molecular weight excluding hydrogens is 424 g/mol. The van der Waals surface area contributed by atoms with Crippen LogP contribution >= 0.6 is 0 Å². The molecule has 1 aromatic carbocycles. The molecular formula is C19H22N6O5S. The van der Waals surface area contributed by atoms with E-state index in [1.54, 1.807) is 0 Å². The number of aromatic nitrogens is 4. The summed E-state index contributed by atoms with van der Waals surface area (Å²) >= 11 is 0. The number of aromatic amines is 1. The predicted molar refractivity (Wildman–Crippen MR) is 112 cm³/mol. The minimum absolute atomic E-state index is 0.127. The van der Waals surface area contributed by atoms with Crippen LogP contribution in [0.3, 0.4) is 0 Å². The summed E-state index contributed by atoms with van der Waals surface area (Å²) in [5.41, 5.74) is 3.17. The van der Waals surface area contributed by atoms with Crippen molar-refractivity contribution < 1.29 is 22.4 Å². The van der Waals surface area contributed by atoms with E-state index in [0.29, 0.717) is 42.3 Å². The Bertz CT molecular complexity index is 1230. The van der Waals surface area contributed by atoms with Crippen molar-refractivity contribution in [3.8, 4) is 17.1 Å². The zero-order chi connectivity index (χ0) is 21.6. The van der Waals surface area contributed by atoms with E-state index in [-0.39, 0.29) is 18.6 Å². The highest BCUT2D eigenvalue weighted by molar-refractivity contribution is 7.84. The quantitative estimate of drug-likeness (QED) is 0.427. The Hall–Kier alpha value is -2.80. The molecule has 2 aliphatic rings. The van der Waals surface area contributed by atoms with Crippen LogP contribution in [-0.2, 0) is 20.9 Å². The molecule has 0 unspecified atom stereocenters. The molecule has 0 radical (unpaired) electrons. The first-order chi connectivity index (χ1) is 14.9. The molecule has 0 bridgehead atoms. The highest BCUT2D eigenvalue weighted by Crippen LogP contribution is 2.37. The lowest BCUT2D eigenvalue weighted by Crippen LogP contribution is -2.24. The maximum absolute atomic E-state index is 11.0. The van der Waals surface area contributed by atoms with Crippen LogP contribution in [0.5, 0.6) is 5.75 Å². The number of anilines is 1. The summed E-state index contributed by atoms with van der Waals surface area (Å²) in [7, 11) is -4.04. The summed E-state index contributed by atoms with van der Waals surface area (Å²) in [5.74, 6) is 1.68. The molecule has 12 heteroatoms. The average Bonchev–Trinajstić information content (AvgIpc) is 3.43. The molecule has 3 atom stereocenters. The van der Waals surface area contributed by atoms with E-state index in [0.717, 1.165) is 23.3 Å². The molecule has 0 saturated heterocycles. The molecule has 5 rings (SSSR count). The zero-order valence-corrected chi connectivity index (χ0v) is 17.3. The maximum Gasteiger partial charge on any atom is 0.333 e. The van der Waals surface area contributed by atoms with Gasteiger partial charge in [0.1, 0.15) is 23.4 Å². The number of imidazole rings is 1. The van der Waals surface area contributed by atoms with Crippen molar-refractivity contribution in [3.63, 3.8) is 0 Å². The smallest absolute Gasteiger partial charge is 0.333 e. The molecule has 1 fully saturated rings. The number of benzene rings is 1. The van der Waals surface area contributed by atoms with Crippen molar-refractivity contribution >= 4 is 27.3 Å². The largest absolute Gasteiger partial charge is 0.492 e. The third kappa shape index (κ3) is 4.06. The van der Waals surface area contributed by atoms with Crippen molar-refractivity contribution in [1.82, 2.24) is 19.9 Å². The van der Waals surface area contributed by atoms with Gasteiger partial charge in [-0.2, -0.15) is 8.42 Å². The standard InChI is InChI=1S/C19H22N6O5S/c20-31(27,28)30-8-11-6-12(7-14(11)26)23-18-15-19(22-9-21-18)25-17(24-15)13-3-1-2-10-4-5-29-16(10)13/h1-3,9,11-12,14,26H,4-8H2,(H2,20,27,28)(H2,21,22,23,24,25)/t11-,12+,14-/m0/s1. The van der Waals surface area contributed by atoms with E-state index in [1.165, 1.54) is 6.33 Å². The fourth-order valence-corrected chi connectivity index (χ4v) is 4.61. The number of ether oxygens (including phenoxy) is 1. The van der Waals surface area contributed by atoms with E-state index >= 15 is 0 Å². The van der Waals surface area contributed by atoms with Gasteiger partial charge in [0.2, 0.25) is 0 Å². The molecule has 1 aliphatic heterocycles. The van der Waals surface area contributed by atoms with E-state index in [9.17, 15) is 13.5 Å². The van der Waals surface area contributed by atoms with Crippen molar-refractivity contribution in [1.29, 1.82) is 0 Å². The van der Waals surface area contributed by atoms with Crippen molar-refractivity contribution in [2.24, 2.45) is 11.1 Å². The highest BCUT2D eigenvalue weighted by Gasteiger charge is 2.34. The first-order valence-corrected chi connectivity index (χ1v) is 11.4. The van der Waals surface area contributed by atoms with Gasteiger partial charge in [-0.3, -0.25) is 4.18 Å². The molecule has 3 heterocycles. The number of rotatable bonds is 6. The molecule has 5 N–H and O–H groups in total. The third-order valence-corrected chi connectivity index (χ3v) is 6.17. The Balaban J connectivity index is 1.38. The van der Waals surface area contributed by atoms with Gasteiger partial charge in [0.25, 0.3) is 0 Å². The molecule has 0 spiro atoms. The Kier molecular flexibility index (Phi) is 5.01. The number of H-pyrrole nitrogens is 1. The second kappa shape index (κ2) is 7.71. The normalized spacial score (nSPS) is 23.1. The summed E-state index contributed by atoms with van der Waals surface area (Å²) < 4.78 is 32.5. The average molecular weight is 446 g/mol. The first kappa shape index (κ1) is 20.1. The molecule has 2 aromatic heterocycles. The second-order valence-electron chi connectivity index (χ2n) is 7.82. The molecule has 1 saturated carbocycles. The molecule has 0 amide bonds. The second-order valence-corrected chi connectivity index (χ2v) is 9.04.